The Morgan fingerprint density at radius 3 is 2.68 bits per heavy atom. The van der Waals surface area contributed by atoms with E-state index in [1.54, 1.807) is 0 Å². The molecule has 1 saturated heterocycles. The van der Waals surface area contributed by atoms with Crippen LogP contribution in [0.1, 0.15) is 6.23 Å². The first-order valence-corrected chi connectivity index (χ1v) is 8.97. The molecule has 15 heteroatoms. The predicted molar refractivity (Wildman–Crippen MR) is 83.9 cm³/mol. The first-order chi connectivity index (χ1) is 11.6. The third-order valence-electron chi connectivity index (χ3n) is 3.48. The molecule has 0 aromatic carbocycles. The summed E-state index contributed by atoms with van der Waals surface area (Å²) in [6, 6.07) is 0. The Labute approximate surface area is 142 Å². The van der Waals surface area contributed by atoms with Crippen LogP contribution in [0.15, 0.2) is 9.59 Å². The van der Waals surface area contributed by atoms with Gasteiger partial charge in [-0.2, -0.15) is 13.4 Å². The molecule has 0 radical (unpaired) electrons. The molecule has 138 valence electrons. The normalized spacial score (nSPS) is 27.2. The van der Waals surface area contributed by atoms with Gasteiger partial charge >= 0.3 is 15.2 Å². The molecular weight excluding hydrogens is 382 g/mol. The van der Waals surface area contributed by atoms with Crippen molar-refractivity contribution >= 4 is 37.9 Å². The molecule has 7 N–H and O–H groups in total. The SMILES string of the molecule is Nc1nc2c(sc(=O)n2C2O[C@H](COS(N)(=O)=O)[C@@H](O)[C@H]2O)c(=O)[nH]1. The molecule has 0 aliphatic carbocycles. The van der Waals surface area contributed by atoms with Gasteiger partial charge in [0.05, 0.1) is 6.61 Å². The second-order valence-corrected chi connectivity index (χ2v) is 7.35. The van der Waals surface area contributed by atoms with Gasteiger partial charge in [0, 0.05) is 0 Å². The highest BCUT2D eigenvalue weighted by Gasteiger charge is 2.45. The lowest BCUT2D eigenvalue weighted by Gasteiger charge is -2.15. The molecule has 3 rings (SSSR count). The quantitative estimate of drug-likeness (QED) is 0.345. The van der Waals surface area contributed by atoms with Gasteiger partial charge in [0.25, 0.3) is 5.56 Å². The monoisotopic (exact) mass is 395 g/mol. The van der Waals surface area contributed by atoms with Crippen molar-refractivity contribution in [3.8, 4) is 0 Å². The van der Waals surface area contributed by atoms with Gasteiger partial charge in [-0.3, -0.25) is 23.3 Å². The van der Waals surface area contributed by atoms with Crippen molar-refractivity contribution < 1.29 is 27.6 Å². The van der Waals surface area contributed by atoms with Crippen LogP contribution in [0.4, 0.5) is 5.95 Å². The van der Waals surface area contributed by atoms with Crippen LogP contribution in [0.25, 0.3) is 10.3 Å². The molecule has 2 aromatic heterocycles. The van der Waals surface area contributed by atoms with E-state index in [0.717, 1.165) is 4.57 Å². The number of thiazole rings is 1. The molecule has 2 aromatic rings. The number of nitrogens with one attached hydrogen (secondary N) is 1. The zero-order valence-corrected chi connectivity index (χ0v) is 13.9. The summed E-state index contributed by atoms with van der Waals surface area (Å²) >= 11 is 0.549. The van der Waals surface area contributed by atoms with E-state index < -0.39 is 51.9 Å². The van der Waals surface area contributed by atoms with Crippen LogP contribution >= 0.6 is 11.3 Å². The molecule has 1 aliphatic heterocycles. The first-order valence-electron chi connectivity index (χ1n) is 6.68. The molecule has 0 amide bonds. The highest BCUT2D eigenvalue weighted by atomic mass is 32.2. The minimum Gasteiger partial charge on any atom is -0.387 e. The van der Waals surface area contributed by atoms with E-state index in [1.165, 1.54) is 0 Å². The Morgan fingerprint density at radius 2 is 2.04 bits per heavy atom. The van der Waals surface area contributed by atoms with Gasteiger partial charge in [0.15, 0.2) is 11.9 Å². The van der Waals surface area contributed by atoms with Crippen LogP contribution in [-0.2, 0) is 19.2 Å². The maximum Gasteiger partial charge on any atom is 0.333 e. The fraction of sp³-hybridized carbons (Fsp3) is 0.500. The summed E-state index contributed by atoms with van der Waals surface area (Å²) < 4.78 is 32.1. The third kappa shape index (κ3) is 3.30. The number of rotatable bonds is 4. The van der Waals surface area contributed by atoms with E-state index in [9.17, 15) is 28.2 Å². The molecule has 1 unspecified atom stereocenters. The topological polar surface area (TPSA) is 213 Å². The van der Waals surface area contributed by atoms with Crippen LogP contribution in [0.3, 0.4) is 0 Å². The van der Waals surface area contributed by atoms with E-state index in [-0.39, 0.29) is 16.3 Å². The predicted octanol–water partition coefficient (Wildman–Crippen LogP) is -3.43. The number of nitrogens with zero attached hydrogens (tertiary/aromatic N) is 2. The van der Waals surface area contributed by atoms with Crippen molar-refractivity contribution in [2.75, 3.05) is 12.3 Å². The lowest BCUT2D eigenvalue weighted by molar-refractivity contribution is -0.0475. The third-order valence-corrected chi connectivity index (χ3v) is 4.89. The Morgan fingerprint density at radius 1 is 1.36 bits per heavy atom. The smallest absolute Gasteiger partial charge is 0.333 e. The molecule has 0 saturated carbocycles. The van der Waals surface area contributed by atoms with Gasteiger partial charge in [0.1, 0.15) is 23.0 Å². The Hall–Kier alpha value is -1.88. The van der Waals surface area contributed by atoms with Crippen LogP contribution in [0.2, 0.25) is 0 Å². The van der Waals surface area contributed by atoms with Gasteiger partial charge in [0.2, 0.25) is 5.95 Å². The van der Waals surface area contributed by atoms with Gasteiger partial charge in [-0.05, 0) is 0 Å². The molecule has 3 heterocycles. The number of hydrogen-bond donors (Lipinski definition) is 5. The standard InChI is InChI=1S/C10H13N5O8S2/c11-9-13-6-5(7(18)14-9)24-10(19)15(6)8-4(17)3(16)2(23-8)1-22-25(12,20)21/h2-4,8,16-17H,1H2,(H2,12,20,21)(H3,11,13,14,18)/t2-,3-,4-,8?/m1/s1. The maximum absolute atomic E-state index is 12.2. The largest absolute Gasteiger partial charge is 0.387 e. The lowest BCUT2D eigenvalue weighted by atomic mass is 10.1. The minimum atomic E-state index is -4.29. The number of aromatic nitrogens is 3. The van der Waals surface area contributed by atoms with Crippen LogP contribution in [0.5, 0.6) is 0 Å². The van der Waals surface area contributed by atoms with Crippen molar-refractivity contribution in [3.63, 3.8) is 0 Å². The van der Waals surface area contributed by atoms with Crippen molar-refractivity contribution in [3.05, 3.63) is 20.0 Å². The Balaban J connectivity index is 2.00. The molecule has 0 spiro atoms. The average molecular weight is 395 g/mol. The Kier molecular flexibility index (Phi) is 4.40. The van der Waals surface area contributed by atoms with Gasteiger partial charge in [-0.15, -0.1) is 0 Å². The van der Waals surface area contributed by atoms with Crippen LogP contribution < -0.4 is 21.3 Å². The second kappa shape index (κ2) is 6.13. The zero-order chi connectivity index (χ0) is 18.5. The van der Waals surface area contributed by atoms with Crippen LogP contribution in [-0.4, -0.2) is 58.1 Å². The summed E-state index contributed by atoms with van der Waals surface area (Å²) in [6.45, 7) is -0.680. The zero-order valence-electron chi connectivity index (χ0n) is 12.2. The van der Waals surface area contributed by atoms with Crippen molar-refractivity contribution in [2.45, 2.75) is 24.5 Å². The number of aliphatic hydroxyl groups excluding tert-OH is 2. The number of nitrogens with two attached hydrogens (primary N) is 2. The number of aromatic amines is 1. The number of fused-ring (bicyclic) bond motifs is 1. The van der Waals surface area contributed by atoms with Gasteiger partial charge in [-0.25, -0.2) is 5.14 Å². The Bertz CT molecular complexity index is 1030. The highest BCUT2D eigenvalue weighted by Crippen LogP contribution is 2.31. The van der Waals surface area contributed by atoms with Crippen molar-refractivity contribution in [2.24, 2.45) is 5.14 Å². The minimum absolute atomic E-state index is 0.0475. The van der Waals surface area contributed by atoms with E-state index in [0.29, 0.717) is 11.3 Å². The summed E-state index contributed by atoms with van der Waals surface area (Å²) in [7, 11) is -4.29. The summed E-state index contributed by atoms with van der Waals surface area (Å²) in [5, 5.41) is 24.8. The molecule has 4 atom stereocenters. The number of ether oxygens (including phenoxy) is 1. The number of hydrogen-bond acceptors (Lipinski definition) is 11. The number of anilines is 1. The van der Waals surface area contributed by atoms with E-state index in [1.807, 2.05) is 0 Å². The van der Waals surface area contributed by atoms with E-state index >= 15 is 0 Å². The number of aliphatic hydroxyl groups is 2. The van der Waals surface area contributed by atoms with Gasteiger partial charge in [-0.1, -0.05) is 11.3 Å². The summed E-state index contributed by atoms with van der Waals surface area (Å²) in [5.41, 5.74) is 4.67. The summed E-state index contributed by atoms with van der Waals surface area (Å²) in [6.07, 6.45) is -5.92. The lowest BCUT2D eigenvalue weighted by Crippen LogP contribution is -2.35. The fourth-order valence-electron chi connectivity index (χ4n) is 2.41. The fourth-order valence-corrected chi connectivity index (χ4v) is 3.58. The van der Waals surface area contributed by atoms with Crippen LogP contribution in [0, 0.1) is 0 Å². The molecule has 1 fully saturated rings. The molecule has 25 heavy (non-hydrogen) atoms. The molecule has 13 nitrogen and oxygen atoms in total. The maximum atomic E-state index is 12.2. The number of nitrogen functional groups attached to an aromatic ring is 1. The van der Waals surface area contributed by atoms with Crippen molar-refractivity contribution in [1.82, 2.24) is 14.5 Å². The first kappa shape index (κ1) is 17.9. The highest BCUT2D eigenvalue weighted by molar-refractivity contribution is 7.84. The second-order valence-electron chi connectivity index (χ2n) is 5.17. The molecule has 1 aliphatic rings. The average Bonchev–Trinajstić information content (AvgIpc) is 2.95. The van der Waals surface area contributed by atoms with Gasteiger partial charge < -0.3 is 20.7 Å². The number of H-pyrrole nitrogens is 1. The van der Waals surface area contributed by atoms with E-state index in [4.69, 9.17) is 10.5 Å². The summed E-state index contributed by atoms with van der Waals surface area (Å²) in [5.74, 6) is -0.258. The van der Waals surface area contributed by atoms with E-state index in [2.05, 4.69) is 19.3 Å². The summed E-state index contributed by atoms with van der Waals surface area (Å²) in [4.78, 5) is 29.4. The van der Waals surface area contributed by atoms with Crippen molar-refractivity contribution in [1.29, 1.82) is 0 Å². The molecular formula is C10H13N5O8S2. The molecule has 0 bridgehead atoms.